The van der Waals surface area contributed by atoms with Gasteiger partial charge < -0.3 is 14.9 Å². The van der Waals surface area contributed by atoms with Crippen LogP contribution in [0.15, 0.2) is 72.3 Å². The molecule has 1 aliphatic rings. The first-order chi connectivity index (χ1) is 15.3. The summed E-state index contributed by atoms with van der Waals surface area (Å²) in [5.74, 6) is -1.39. The average Bonchev–Trinajstić information content (AvgIpc) is 3.04. The number of Topliss-reactive ketones (excluding diaryl/α,β-unsaturated/α-hetero) is 1. The molecule has 32 heavy (non-hydrogen) atoms. The topological polar surface area (TPSA) is 87.1 Å². The predicted octanol–water partition coefficient (Wildman–Crippen LogP) is 4.64. The van der Waals surface area contributed by atoms with Gasteiger partial charge in [-0.1, -0.05) is 36.4 Å². The van der Waals surface area contributed by atoms with Gasteiger partial charge in [-0.05, 0) is 60.9 Å². The maximum absolute atomic E-state index is 13.2. The molecule has 1 amide bonds. The number of aryl methyl sites for hydroxylation is 2. The first-order valence-electron chi connectivity index (χ1n) is 10.1. The van der Waals surface area contributed by atoms with Gasteiger partial charge in [0.1, 0.15) is 17.3 Å². The number of carbonyl (C=O) groups excluding carboxylic acids is 2. The third kappa shape index (κ3) is 3.39. The van der Waals surface area contributed by atoms with Crippen molar-refractivity contribution in [1.29, 1.82) is 0 Å². The number of nitrogens with zero attached hydrogens (tertiary/aromatic N) is 1. The molecule has 0 spiro atoms. The minimum atomic E-state index is -0.896. The van der Waals surface area contributed by atoms with Gasteiger partial charge in [-0.25, -0.2) is 0 Å². The number of hydrogen-bond acceptors (Lipinski definition) is 5. The number of aliphatic hydroxyl groups is 1. The number of hydrogen-bond donors (Lipinski definition) is 2. The lowest BCUT2D eigenvalue weighted by atomic mass is 9.92. The Bertz CT molecular complexity index is 1260. The predicted molar refractivity (Wildman–Crippen MR) is 122 cm³/mol. The van der Waals surface area contributed by atoms with Crippen molar-refractivity contribution in [2.75, 3.05) is 12.0 Å². The SMILES string of the molecule is COc1ccc(/C(O)=C2\C(=O)C(=O)N(c3ccccc3O)C2c2ccccc2C)cc1C. The lowest BCUT2D eigenvalue weighted by Crippen LogP contribution is -2.29. The number of amides is 1. The second-order valence-corrected chi connectivity index (χ2v) is 7.70. The second-order valence-electron chi connectivity index (χ2n) is 7.70. The summed E-state index contributed by atoms with van der Waals surface area (Å²) in [4.78, 5) is 27.6. The molecule has 1 atom stereocenters. The maximum atomic E-state index is 13.2. The van der Waals surface area contributed by atoms with E-state index >= 15 is 0 Å². The molecule has 0 radical (unpaired) electrons. The quantitative estimate of drug-likeness (QED) is 0.358. The molecule has 1 aliphatic heterocycles. The van der Waals surface area contributed by atoms with Crippen molar-refractivity contribution in [2.24, 2.45) is 0 Å². The summed E-state index contributed by atoms with van der Waals surface area (Å²) in [5.41, 5.74) is 2.87. The fourth-order valence-corrected chi connectivity index (χ4v) is 4.12. The molecular weight excluding hydrogens is 406 g/mol. The molecule has 1 saturated heterocycles. The van der Waals surface area contributed by atoms with Crippen LogP contribution in [-0.4, -0.2) is 29.0 Å². The van der Waals surface area contributed by atoms with Gasteiger partial charge in [0.25, 0.3) is 11.7 Å². The summed E-state index contributed by atoms with van der Waals surface area (Å²) >= 11 is 0. The fraction of sp³-hybridized carbons (Fsp3) is 0.154. The van der Waals surface area contributed by atoms with E-state index in [-0.39, 0.29) is 22.8 Å². The minimum absolute atomic E-state index is 0.0304. The van der Waals surface area contributed by atoms with Crippen LogP contribution in [0.4, 0.5) is 5.69 Å². The van der Waals surface area contributed by atoms with E-state index in [1.165, 1.54) is 11.0 Å². The second kappa shape index (κ2) is 8.23. The summed E-state index contributed by atoms with van der Waals surface area (Å²) in [7, 11) is 1.55. The van der Waals surface area contributed by atoms with Gasteiger partial charge in [0.15, 0.2) is 0 Å². The molecular formula is C26H23NO5. The van der Waals surface area contributed by atoms with E-state index < -0.39 is 17.7 Å². The monoisotopic (exact) mass is 429 g/mol. The van der Waals surface area contributed by atoms with Crippen molar-refractivity contribution in [2.45, 2.75) is 19.9 Å². The van der Waals surface area contributed by atoms with E-state index in [1.807, 2.05) is 38.1 Å². The summed E-state index contributed by atoms with van der Waals surface area (Å²) < 4.78 is 5.28. The van der Waals surface area contributed by atoms with Crippen molar-refractivity contribution in [3.8, 4) is 11.5 Å². The highest BCUT2D eigenvalue weighted by Gasteiger charge is 2.48. The number of anilines is 1. The number of ketones is 1. The molecule has 1 unspecified atom stereocenters. The van der Waals surface area contributed by atoms with Crippen LogP contribution in [0.3, 0.4) is 0 Å². The lowest BCUT2D eigenvalue weighted by Gasteiger charge is -2.27. The highest BCUT2D eigenvalue weighted by molar-refractivity contribution is 6.52. The number of rotatable bonds is 4. The van der Waals surface area contributed by atoms with Gasteiger partial charge in [-0.15, -0.1) is 0 Å². The molecule has 1 heterocycles. The van der Waals surface area contributed by atoms with E-state index in [1.54, 1.807) is 43.5 Å². The highest BCUT2D eigenvalue weighted by Crippen LogP contribution is 2.45. The molecule has 3 aromatic rings. The number of carbonyl (C=O) groups is 2. The fourth-order valence-electron chi connectivity index (χ4n) is 4.12. The number of para-hydroxylation sites is 2. The molecule has 4 rings (SSSR count). The molecule has 0 bridgehead atoms. The Morgan fingerprint density at radius 2 is 1.62 bits per heavy atom. The number of phenolic OH excluding ortho intramolecular Hbond substituents is 1. The number of aliphatic hydroxyl groups excluding tert-OH is 1. The number of benzene rings is 3. The van der Waals surface area contributed by atoms with Gasteiger partial charge in [0.2, 0.25) is 0 Å². The largest absolute Gasteiger partial charge is 0.507 e. The number of phenols is 1. The number of ether oxygens (including phenoxy) is 1. The standard InChI is InChI=1S/C26H23NO5/c1-15-8-4-5-9-18(15)23-22(24(29)17-12-13-21(32-3)16(2)14-17)25(30)26(31)27(23)19-10-6-7-11-20(19)28/h4-14,23,28-29H,1-3H3/b24-22+. The highest BCUT2D eigenvalue weighted by atomic mass is 16.5. The van der Waals surface area contributed by atoms with Crippen LogP contribution in [0.2, 0.25) is 0 Å². The normalized spacial score (nSPS) is 17.6. The van der Waals surface area contributed by atoms with Crippen LogP contribution in [0.5, 0.6) is 11.5 Å². The zero-order valence-corrected chi connectivity index (χ0v) is 18.0. The van der Waals surface area contributed by atoms with Gasteiger partial charge in [-0.3, -0.25) is 14.5 Å². The van der Waals surface area contributed by atoms with Crippen LogP contribution in [-0.2, 0) is 9.59 Å². The Kier molecular flexibility index (Phi) is 5.45. The molecule has 1 fully saturated rings. The smallest absolute Gasteiger partial charge is 0.300 e. The zero-order chi connectivity index (χ0) is 23.0. The van der Waals surface area contributed by atoms with Crippen molar-refractivity contribution in [1.82, 2.24) is 0 Å². The molecule has 3 aromatic carbocycles. The van der Waals surface area contributed by atoms with Crippen LogP contribution in [0.25, 0.3) is 5.76 Å². The molecule has 6 nitrogen and oxygen atoms in total. The lowest BCUT2D eigenvalue weighted by molar-refractivity contribution is -0.132. The number of methoxy groups -OCH3 is 1. The molecule has 162 valence electrons. The van der Waals surface area contributed by atoms with Crippen LogP contribution < -0.4 is 9.64 Å². The first kappa shape index (κ1) is 21.2. The van der Waals surface area contributed by atoms with Gasteiger partial charge in [0, 0.05) is 5.56 Å². The summed E-state index contributed by atoms with van der Waals surface area (Å²) in [6.07, 6.45) is 0. The van der Waals surface area contributed by atoms with Crippen LogP contribution >= 0.6 is 0 Å². The maximum Gasteiger partial charge on any atom is 0.300 e. The Labute approximate surface area is 186 Å². The van der Waals surface area contributed by atoms with Gasteiger partial charge in [-0.2, -0.15) is 0 Å². The summed E-state index contributed by atoms with van der Waals surface area (Å²) in [6, 6.07) is 17.8. The van der Waals surface area contributed by atoms with E-state index in [0.29, 0.717) is 16.9 Å². The molecule has 2 N–H and O–H groups in total. The third-order valence-corrected chi connectivity index (χ3v) is 5.74. The Balaban J connectivity index is 1.98. The van der Waals surface area contributed by atoms with E-state index in [4.69, 9.17) is 4.74 Å². The van der Waals surface area contributed by atoms with Crippen molar-refractivity contribution in [3.05, 3.63) is 94.6 Å². The molecule has 6 heteroatoms. The summed E-state index contributed by atoms with van der Waals surface area (Å²) in [6.45, 7) is 3.70. The molecule has 0 aromatic heterocycles. The Morgan fingerprint density at radius 1 is 0.938 bits per heavy atom. The van der Waals surface area contributed by atoms with Crippen LogP contribution in [0.1, 0.15) is 28.3 Å². The van der Waals surface area contributed by atoms with E-state index in [0.717, 1.165) is 11.1 Å². The van der Waals surface area contributed by atoms with Crippen LogP contribution in [0, 0.1) is 13.8 Å². The third-order valence-electron chi connectivity index (χ3n) is 5.74. The molecule has 0 aliphatic carbocycles. The summed E-state index contributed by atoms with van der Waals surface area (Å²) in [5, 5.41) is 21.7. The van der Waals surface area contributed by atoms with E-state index in [9.17, 15) is 19.8 Å². The van der Waals surface area contributed by atoms with Gasteiger partial charge >= 0.3 is 0 Å². The van der Waals surface area contributed by atoms with Crippen molar-refractivity contribution in [3.63, 3.8) is 0 Å². The zero-order valence-electron chi connectivity index (χ0n) is 18.0. The van der Waals surface area contributed by atoms with Crippen molar-refractivity contribution >= 4 is 23.1 Å². The van der Waals surface area contributed by atoms with Crippen molar-refractivity contribution < 1.29 is 24.5 Å². The first-order valence-corrected chi connectivity index (χ1v) is 10.1. The molecule has 0 saturated carbocycles. The number of aromatic hydroxyl groups is 1. The Hall–Kier alpha value is -4.06. The van der Waals surface area contributed by atoms with Gasteiger partial charge in [0.05, 0.1) is 24.4 Å². The van der Waals surface area contributed by atoms with E-state index in [2.05, 4.69) is 0 Å². The Morgan fingerprint density at radius 3 is 2.28 bits per heavy atom. The minimum Gasteiger partial charge on any atom is -0.507 e. The average molecular weight is 429 g/mol.